The Hall–Kier alpha value is -3.61. The molecule has 0 saturated carbocycles. The summed E-state index contributed by atoms with van der Waals surface area (Å²) >= 11 is 0. The van der Waals surface area contributed by atoms with Crippen LogP contribution in [0.25, 0.3) is 16.6 Å². The molecule has 0 aliphatic heterocycles. The first-order chi connectivity index (χ1) is 14.3. The predicted molar refractivity (Wildman–Crippen MR) is 101 cm³/mol. The van der Waals surface area contributed by atoms with Crippen molar-refractivity contribution < 1.29 is 41.0 Å². The number of alkyl halides is 3. The van der Waals surface area contributed by atoms with Gasteiger partial charge in [0.25, 0.3) is 0 Å². The molecule has 13 heteroatoms. The van der Waals surface area contributed by atoms with E-state index in [1.807, 2.05) is 0 Å². The Kier molecular flexibility index (Phi) is 5.40. The number of sulfone groups is 1. The van der Waals surface area contributed by atoms with E-state index < -0.39 is 49.3 Å². The molecule has 164 valence electrons. The van der Waals surface area contributed by atoms with Gasteiger partial charge in [-0.15, -0.1) is 13.2 Å². The molecule has 0 saturated heterocycles. The smallest absolute Gasteiger partial charge is 0.495 e. The normalized spacial score (nSPS) is 12.0. The highest BCUT2D eigenvalue weighted by Gasteiger charge is 2.31. The van der Waals surface area contributed by atoms with Crippen molar-refractivity contribution >= 4 is 26.7 Å². The molecule has 1 heterocycles. The summed E-state index contributed by atoms with van der Waals surface area (Å²) in [4.78, 5) is 23.8. The minimum absolute atomic E-state index is 0.0478. The second-order valence-electron chi connectivity index (χ2n) is 6.20. The molecular weight excluding hydrogens is 445 g/mol. The Morgan fingerprint density at radius 3 is 2.23 bits per heavy atom. The van der Waals surface area contributed by atoms with Crippen LogP contribution in [0.1, 0.15) is 10.5 Å². The Labute approximate surface area is 172 Å². The van der Waals surface area contributed by atoms with E-state index in [0.717, 1.165) is 35.2 Å². The van der Waals surface area contributed by atoms with Gasteiger partial charge in [0.15, 0.2) is 9.84 Å². The molecule has 0 atom stereocenters. The van der Waals surface area contributed by atoms with E-state index in [1.165, 1.54) is 19.2 Å². The second-order valence-corrected chi connectivity index (χ2v) is 8.15. The quantitative estimate of drug-likeness (QED) is 0.618. The maximum Gasteiger partial charge on any atom is 0.573 e. The van der Waals surface area contributed by atoms with Crippen LogP contribution < -0.4 is 14.9 Å². The molecule has 2 aromatic carbocycles. The molecule has 0 amide bonds. The number of nitrogens with zero attached hydrogens (tertiary/aromatic N) is 2. The number of ether oxygens (including phenoxy) is 2. The van der Waals surface area contributed by atoms with Crippen LogP contribution >= 0.6 is 0 Å². The Bertz CT molecular complexity index is 1350. The Morgan fingerprint density at radius 2 is 1.74 bits per heavy atom. The lowest BCUT2D eigenvalue weighted by Crippen LogP contribution is -2.24. The topological polar surface area (TPSA) is 125 Å². The van der Waals surface area contributed by atoms with E-state index in [4.69, 9.17) is 4.74 Å². The van der Waals surface area contributed by atoms with E-state index in [0.29, 0.717) is 0 Å². The summed E-state index contributed by atoms with van der Waals surface area (Å²) in [7, 11) is -2.89. The van der Waals surface area contributed by atoms with Gasteiger partial charge in [-0.2, -0.15) is 5.10 Å². The van der Waals surface area contributed by atoms with E-state index in [-0.39, 0.29) is 17.0 Å². The Balaban J connectivity index is 2.39. The maximum atomic E-state index is 12.8. The number of carboxylic acid groups (broad SMARTS) is 1. The molecule has 3 rings (SSSR count). The van der Waals surface area contributed by atoms with Crippen LogP contribution in [0.2, 0.25) is 0 Å². The third-order valence-electron chi connectivity index (χ3n) is 4.08. The lowest BCUT2D eigenvalue weighted by molar-refractivity contribution is -0.274. The van der Waals surface area contributed by atoms with Gasteiger partial charge in [0.05, 0.1) is 23.7 Å². The number of aromatic nitrogens is 2. The van der Waals surface area contributed by atoms with Gasteiger partial charge in [0.2, 0.25) is 11.1 Å². The zero-order valence-corrected chi connectivity index (χ0v) is 16.6. The summed E-state index contributed by atoms with van der Waals surface area (Å²) in [6.07, 6.45) is -4.10. The number of halogens is 3. The summed E-state index contributed by atoms with van der Waals surface area (Å²) in [6, 6.07) is 6.70. The summed E-state index contributed by atoms with van der Waals surface area (Å²) in [6.45, 7) is 0. The van der Waals surface area contributed by atoms with Gasteiger partial charge in [-0.1, -0.05) is 0 Å². The van der Waals surface area contributed by atoms with E-state index in [1.54, 1.807) is 0 Å². The third kappa shape index (κ3) is 4.30. The van der Waals surface area contributed by atoms with Crippen LogP contribution in [0.15, 0.2) is 46.1 Å². The lowest BCUT2D eigenvalue weighted by atomic mass is 10.1. The highest BCUT2D eigenvalue weighted by Crippen LogP contribution is 2.31. The fraction of sp³-hybridized carbons (Fsp3) is 0.167. The van der Waals surface area contributed by atoms with E-state index in [9.17, 15) is 36.3 Å². The number of carboxylic acids is 1. The SMILES string of the molecule is COc1ccc2c(c1S(C)(=O)=O)c(=O)c(C(=O)O)nn2-c1ccc(OC(F)(F)F)cc1. The predicted octanol–water partition coefficient (Wildman–Crippen LogP) is 2.39. The molecule has 0 spiro atoms. The number of fused-ring (bicyclic) bond motifs is 1. The lowest BCUT2D eigenvalue weighted by Gasteiger charge is -2.15. The summed E-state index contributed by atoms with van der Waals surface area (Å²) in [5.74, 6) is -2.45. The van der Waals surface area contributed by atoms with Crippen LogP contribution in [0.5, 0.6) is 11.5 Å². The molecule has 0 fully saturated rings. The highest BCUT2D eigenvalue weighted by molar-refractivity contribution is 7.91. The molecule has 0 aliphatic rings. The molecule has 0 bridgehead atoms. The van der Waals surface area contributed by atoms with Gasteiger partial charge >= 0.3 is 12.3 Å². The first kappa shape index (κ1) is 22.1. The zero-order valence-electron chi connectivity index (χ0n) is 15.8. The van der Waals surface area contributed by atoms with Crippen molar-refractivity contribution in [3.8, 4) is 17.2 Å². The third-order valence-corrected chi connectivity index (χ3v) is 5.22. The van der Waals surface area contributed by atoms with Gasteiger partial charge in [-0.25, -0.2) is 17.9 Å². The Morgan fingerprint density at radius 1 is 1.13 bits per heavy atom. The van der Waals surface area contributed by atoms with Crippen molar-refractivity contribution in [2.45, 2.75) is 11.3 Å². The molecule has 1 N–H and O–H groups in total. The molecule has 3 aromatic rings. The van der Waals surface area contributed by atoms with E-state index >= 15 is 0 Å². The summed E-state index contributed by atoms with van der Waals surface area (Å²) in [5, 5.41) is 12.7. The highest BCUT2D eigenvalue weighted by atomic mass is 32.2. The zero-order chi connectivity index (χ0) is 23.1. The molecular formula is C18H13F3N2O7S. The van der Waals surface area contributed by atoms with Crippen molar-refractivity contribution in [3.63, 3.8) is 0 Å². The summed E-state index contributed by atoms with van der Waals surface area (Å²) < 4.78 is 71.6. The number of methoxy groups -OCH3 is 1. The minimum Gasteiger partial charge on any atom is -0.495 e. The van der Waals surface area contributed by atoms with Gasteiger partial charge < -0.3 is 14.6 Å². The largest absolute Gasteiger partial charge is 0.573 e. The van der Waals surface area contributed by atoms with Crippen LogP contribution in [-0.2, 0) is 9.84 Å². The number of hydrogen-bond acceptors (Lipinski definition) is 7. The average Bonchev–Trinajstić information content (AvgIpc) is 2.66. The van der Waals surface area contributed by atoms with Crippen molar-refractivity contribution in [2.24, 2.45) is 0 Å². The number of benzene rings is 2. The monoisotopic (exact) mass is 458 g/mol. The maximum absolute atomic E-state index is 12.8. The molecule has 0 aliphatic carbocycles. The van der Waals surface area contributed by atoms with Gasteiger partial charge in [-0.3, -0.25) is 4.79 Å². The number of aromatic carboxylic acids is 1. The van der Waals surface area contributed by atoms with Crippen LogP contribution in [0, 0.1) is 0 Å². The second kappa shape index (κ2) is 7.58. The van der Waals surface area contributed by atoms with E-state index in [2.05, 4.69) is 9.84 Å². The van der Waals surface area contributed by atoms with Crippen molar-refractivity contribution in [2.75, 3.05) is 13.4 Å². The fourth-order valence-electron chi connectivity index (χ4n) is 2.92. The summed E-state index contributed by atoms with van der Waals surface area (Å²) in [5.41, 5.74) is -2.19. The van der Waals surface area contributed by atoms with Gasteiger partial charge in [0.1, 0.15) is 16.4 Å². The molecule has 31 heavy (non-hydrogen) atoms. The number of hydrogen-bond donors (Lipinski definition) is 1. The first-order valence-corrected chi connectivity index (χ1v) is 10.2. The van der Waals surface area contributed by atoms with Crippen LogP contribution in [0.3, 0.4) is 0 Å². The van der Waals surface area contributed by atoms with Gasteiger partial charge in [0, 0.05) is 6.26 Å². The molecule has 1 aromatic heterocycles. The molecule has 9 nitrogen and oxygen atoms in total. The molecule has 0 unspecified atom stereocenters. The first-order valence-electron chi connectivity index (χ1n) is 8.27. The van der Waals surface area contributed by atoms with Crippen LogP contribution in [-0.4, -0.2) is 49.0 Å². The standard InChI is InChI=1S/C18H13F3N2O7S/c1-29-12-8-7-11-13(16(12)31(2,27)28)15(24)14(17(25)26)22-23(11)9-3-5-10(6-4-9)30-18(19,20)21/h3-8H,1-2H3,(H,25,26). The number of rotatable bonds is 5. The number of carbonyl (C=O) groups is 1. The minimum atomic E-state index is -4.92. The fourth-order valence-corrected chi connectivity index (χ4v) is 4.01. The van der Waals surface area contributed by atoms with Gasteiger partial charge in [-0.05, 0) is 36.4 Å². The average molecular weight is 458 g/mol. The van der Waals surface area contributed by atoms with Crippen molar-refractivity contribution in [3.05, 3.63) is 52.3 Å². The van der Waals surface area contributed by atoms with Crippen LogP contribution in [0.4, 0.5) is 13.2 Å². The van der Waals surface area contributed by atoms with Crippen molar-refractivity contribution in [1.82, 2.24) is 9.78 Å². The molecule has 0 radical (unpaired) electrons. The van der Waals surface area contributed by atoms with Crippen molar-refractivity contribution in [1.29, 1.82) is 0 Å².